The molecule has 3 unspecified atom stereocenters. The van der Waals surface area contributed by atoms with Crippen molar-refractivity contribution in [2.75, 3.05) is 0 Å². The minimum absolute atomic E-state index is 0.153. The van der Waals surface area contributed by atoms with Crippen molar-refractivity contribution in [2.45, 2.75) is 44.5 Å². The van der Waals surface area contributed by atoms with E-state index in [9.17, 15) is 4.79 Å². The standard InChI is InChI=1S/C14H18O2Si/c1-17(2,3)7-5-11-10-4-6-14(9-10)12(11)8-13(15)16-14/h8,10-11H,4,6,9H2,1-3H3. The van der Waals surface area contributed by atoms with Crippen molar-refractivity contribution >= 4 is 14.0 Å². The molecule has 3 atom stereocenters. The van der Waals surface area contributed by atoms with Gasteiger partial charge in [0.15, 0.2) is 0 Å². The maximum Gasteiger partial charge on any atom is 0.331 e. The average molecular weight is 246 g/mol. The number of fused-ring (bicyclic) bond motifs is 1. The molecule has 90 valence electrons. The van der Waals surface area contributed by atoms with Crippen LogP contribution in [0, 0.1) is 23.3 Å². The Morgan fingerprint density at radius 3 is 2.94 bits per heavy atom. The molecule has 2 nitrogen and oxygen atoms in total. The largest absolute Gasteiger partial charge is 0.451 e. The maximum atomic E-state index is 11.4. The van der Waals surface area contributed by atoms with Crippen LogP contribution in [0.5, 0.6) is 0 Å². The summed E-state index contributed by atoms with van der Waals surface area (Å²) < 4.78 is 5.54. The molecule has 0 radical (unpaired) electrons. The van der Waals surface area contributed by atoms with E-state index in [-0.39, 0.29) is 11.6 Å². The zero-order valence-corrected chi connectivity index (χ0v) is 11.7. The van der Waals surface area contributed by atoms with Gasteiger partial charge in [-0.1, -0.05) is 19.6 Å². The lowest BCUT2D eigenvalue weighted by Crippen LogP contribution is -2.28. The SMILES string of the molecule is C[Si](C)(C)C#CC1C2=CC(=O)OC23CCC1C3. The Morgan fingerprint density at radius 1 is 1.47 bits per heavy atom. The topological polar surface area (TPSA) is 26.3 Å². The number of rotatable bonds is 0. The first-order chi connectivity index (χ1) is 7.90. The zero-order valence-electron chi connectivity index (χ0n) is 10.7. The van der Waals surface area contributed by atoms with Gasteiger partial charge < -0.3 is 4.74 Å². The molecule has 3 rings (SSSR count). The highest BCUT2D eigenvalue weighted by Gasteiger charge is 2.59. The lowest BCUT2D eigenvalue weighted by molar-refractivity contribution is -0.145. The van der Waals surface area contributed by atoms with Gasteiger partial charge in [-0.05, 0) is 30.8 Å². The van der Waals surface area contributed by atoms with E-state index in [1.807, 2.05) is 0 Å². The third-order valence-electron chi connectivity index (χ3n) is 4.02. The highest BCUT2D eigenvalue weighted by atomic mass is 28.3. The smallest absolute Gasteiger partial charge is 0.331 e. The van der Waals surface area contributed by atoms with Gasteiger partial charge in [-0.3, -0.25) is 0 Å². The maximum absolute atomic E-state index is 11.4. The third-order valence-corrected chi connectivity index (χ3v) is 4.91. The average Bonchev–Trinajstić information content (AvgIpc) is 2.78. The van der Waals surface area contributed by atoms with Gasteiger partial charge in [0.2, 0.25) is 0 Å². The molecule has 0 N–H and O–H groups in total. The molecule has 1 aliphatic heterocycles. The van der Waals surface area contributed by atoms with Crippen LogP contribution in [0.3, 0.4) is 0 Å². The summed E-state index contributed by atoms with van der Waals surface area (Å²) in [6.07, 6.45) is 4.90. The van der Waals surface area contributed by atoms with Crippen molar-refractivity contribution in [1.82, 2.24) is 0 Å². The third kappa shape index (κ3) is 1.66. The van der Waals surface area contributed by atoms with Gasteiger partial charge in [0.1, 0.15) is 13.7 Å². The Hall–Kier alpha value is -1.01. The Labute approximate surface area is 103 Å². The molecular weight excluding hydrogens is 228 g/mol. The fourth-order valence-corrected chi connectivity index (χ4v) is 3.93. The van der Waals surface area contributed by atoms with Crippen LogP contribution in [0.1, 0.15) is 19.3 Å². The fraction of sp³-hybridized carbons (Fsp3) is 0.643. The van der Waals surface area contributed by atoms with Gasteiger partial charge in [0.25, 0.3) is 0 Å². The van der Waals surface area contributed by atoms with Crippen LogP contribution in [0.4, 0.5) is 0 Å². The van der Waals surface area contributed by atoms with E-state index in [1.165, 1.54) is 5.57 Å². The van der Waals surface area contributed by atoms with E-state index in [1.54, 1.807) is 6.08 Å². The fourth-order valence-electron chi connectivity index (χ4n) is 3.34. The summed E-state index contributed by atoms with van der Waals surface area (Å²) in [6, 6.07) is 0. The predicted molar refractivity (Wildman–Crippen MR) is 68.9 cm³/mol. The Morgan fingerprint density at radius 2 is 2.24 bits per heavy atom. The highest BCUT2D eigenvalue weighted by Crippen LogP contribution is 2.58. The van der Waals surface area contributed by atoms with Crippen LogP contribution in [-0.2, 0) is 9.53 Å². The molecular formula is C14H18O2Si. The van der Waals surface area contributed by atoms with Gasteiger partial charge in [0.05, 0.1) is 0 Å². The van der Waals surface area contributed by atoms with E-state index < -0.39 is 8.07 Å². The molecule has 2 aliphatic carbocycles. The molecule has 1 heterocycles. The predicted octanol–water partition coefficient (Wildman–Crippen LogP) is 2.52. The second-order valence-electron chi connectivity index (χ2n) is 6.51. The van der Waals surface area contributed by atoms with Gasteiger partial charge in [0, 0.05) is 12.0 Å². The summed E-state index contributed by atoms with van der Waals surface area (Å²) in [6.45, 7) is 6.77. The van der Waals surface area contributed by atoms with E-state index in [0.29, 0.717) is 11.8 Å². The number of carbonyl (C=O) groups excluding carboxylic acids is 1. The summed E-state index contributed by atoms with van der Waals surface area (Å²) >= 11 is 0. The molecule has 0 aromatic heterocycles. The van der Waals surface area contributed by atoms with Gasteiger partial charge >= 0.3 is 5.97 Å². The van der Waals surface area contributed by atoms with Crippen molar-refractivity contribution in [3.05, 3.63) is 11.6 Å². The molecule has 0 aromatic rings. The quantitative estimate of drug-likeness (QED) is 0.373. The lowest BCUT2D eigenvalue weighted by atomic mass is 9.83. The molecule has 0 saturated heterocycles. The first-order valence-corrected chi connectivity index (χ1v) is 9.87. The highest BCUT2D eigenvalue weighted by molar-refractivity contribution is 6.83. The summed E-state index contributed by atoms with van der Waals surface area (Å²) in [5, 5.41) is 0. The number of hydrogen-bond acceptors (Lipinski definition) is 2. The molecule has 0 aromatic carbocycles. The first kappa shape index (κ1) is 11.1. The molecule has 3 heteroatoms. The Balaban J connectivity index is 1.94. The van der Waals surface area contributed by atoms with Crippen molar-refractivity contribution in [1.29, 1.82) is 0 Å². The minimum atomic E-state index is -1.33. The van der Waals surface area contributed by atoms with E-state index >= 15 is 0 Å². The second kappa shape index (κ2) is 3.26. The normalized spacial score (nSPS) is 38.3. The van der Waals surface area contributed by atoms with Gasteiger partial charge in [-0.15, -0.1) is 11.5 Å². The molecule has 2 bridgehead atoms. The number of esters is 1. The number of ether oxygens (including phenoxy) is 1. The second-order valence-corrected chi connectivity index (χ2v) is 11.3. The molecule has 3 aliphatic rings. The van der Waals surface area contributed by atoms with Crippen molar-refractivity contribution in [3.8, 4) is 11.5 Å². The Bertz CT molecular complexity index is 475. The van der Waals surface area contributed by atoms with Crippen LogP contribution in [-0.4, -0.2) is 19.6 Å². The number of carbonyl (C=O) groups is 1. The molecule has 0 amide bonds. The van der Waals surface area contributed by atoms with Gasteiger partial charge in [-0.25, -0.2) is 4.79 Å². The van der Waals surface area contributed by atoms with E-state index in [0.717, 1.165) is 19.3 Å². The van der Waals surface area contributed by atoms with Crippen LogP contribution in [0.2, 0.25) is 19.6 Å². The zero-order chi connectivity index (χ0) is 12.3. The molecule has 2 saturated carbocycles. The number of hydrogen-bond donors (Lipinski definition) is 0. The monoisotopic (exact) mass is 246 g/mol. The lowest BCUT2D eigenvalue weighted by Gasteiger charge is -2.25. The summed E-state index contributed by atoms with van der Waals surface area (Å²) in [7, 11) is -1.33. The van der Waals surface area contributed by atoms with Crippen LogP contribution in [0.15, 0.2) is 11.6 Å². The first-order valence-electron chi connectivity index (χ1n) is 6.37. The van der Waals surface area contributed by atoms with Crippen molar-refractivity contribution < 1.29 is 9.53 Å². The van der Waals surface area contributed by atoms with Crippen LogP contribution >= 0.6 is 0 Å². The van der Waals surface area contributed by atoms with Crippen LogP contribution < -0.4 is 0 Å². The summed E-state index contributed by atoms with van der Waals surface area (Å²) in [5.74, 6) is 4.22. The van der Waals surface area contributed by atoms with Gasteiger partial charge in [-0.2, -0.15) is 0 Å². The summed E-state index contributed by atoms with van der Waals surface area (Å²) in [4.78, 5) is 11.4. The van der Waals surface area contributed by atoms with Crippen molar-refractivity contribution in [2.24, 2.45) is 11.8 Å². The van der Waals surface area contributed by atoms with Crippen molar-refractivity contribution in [3.63, 3.8) is 0 Å². The molecule has 1 spiro atoms. The molecule has 17 heavy (non-hydrogen) atoms. The molecule has 2 fully saturated rings. The minimum Gasteiger partial charge on any atom is -0.451 e. The van der Waals surface area contributed by atoms with E-state index in [4.69, 9.17) is 4.74 Å². The van der Waals surface area contributed by atoms with Crippen LogP contribution in [0.25, 0.3) is 0 Å². The van der Waals surface area contributed by atoms with E-state index in [2.05, 4.69) is 31.1 Å². The Kier molecular flexibility index (Phi) is 2.13. The summed E-state index contributed by atoms with van der Waals surface area (Å²) in [5.41, 5.74) is 4.40.